The van der Waals surface area contributed by atoms with Gasteiger partial charge in [-0.25, -0.2) is 13.4 Å². The number of hydrogen-bond acceptors (Lipinski definition) is 5. The summed E-state index contributed by atoms with van der Waals surface area (Å²) < 4.78 is 30.0. The van der Waals surface area contributed by atoms with E-state index in [4.69, 9.17) is 4.74 Å². The molecule has 1 aliphatic rings. The van der Waals surface area contributed by atoms with Gasteiger partial charge in [-0.05, 0) is 6.07 Å². The van der Waals surface area contributed by atoms with E-state index in [0.29, 0.717) is 24.7 Å². The quantitative estimate of drug-likeness (QED) is 0.800. The molecule has 1 aliphatic heterocycles. The highest BCUT2D eigenvalue weighted by atomic mass is 32.2. The molecule has 0 N–H and O–H groups in total. The van der Waals surface area contributed by atoms with Gasteiger partial charge in [-0.2, -0.15) is 0 Å². The number of rotatable bonds is 5. The molecule has 1 amide bonds. The summed E-state index contributed by atoms with van der Waals surface area (Å²) in [4.78, 5) is 18.0. The molecule has 24 heavy (non-hydrogen) atoms. The molecule has 0 atom stereocenters. The Labute approximate surface area is 143 Å². The molecule has 7 nitrogen and oxygen atoms in total. The number of ether oxygens (including phenoxy) is 1. The van der Waals surface area contributed by atoms with E-state index < -0.39 is 10.0 Å². The minimum atomic E-state index is -3.30. The van der Waals surface area contributed by atoms with Gasteiger partial charge in [0.15, 0.2) is 0 Å². The van der Waals surface area contributed by atoms with Gasteiger partial charge in [-0.15, -0.1) is 0 Å². The van der Waals surface area contributed by atoms with Crippen molar-refractivity contribution < 1.29 is 17.9 Å². The molecular weight excluding hydrogens is 330 g/mol. The minimum Gasteiger partial charge on any atom is -0.474 e. The van der Waals surface area contributed by atoms with Crippen LogP contribution < -0.4 is 9.04 Å². The van der Waals surface area contributed by atoms with E-state index in [1.807, 2.05) is 18.7 Å². The Morgan fingerprint density at radius 2 is 1.96 bits per heavy atom. The molecule has 0 aromatic carbocycles. The molecule has 2 heterocycles. The Hall–Kier alpha value is -1.83. The molecule has 1 aromatic rings. The fourth-order valence-corrected chi connectivity index (χ4v) is 3.04. The van der Waals surface area contributed by atoms with Gasteiger partial charge in [-0.1, -0.05) is 13.8 Å². The second-order valence-corrected chi connectivity index (χ2v) is 8.40. The van der Waals surface area contributed by atoms with Crippen molar-refractivity contribution in [1.29, 1.82) is 0 Å². The molecule has 0 aliphatic carbocycles. The highest BCUT2D eigenvalue weighted by Crippen LogP contribution is 2.21. The summed E-state index contributed by atoms with van der Waals surface area (Å²) >= 11 is 0. The van der Waals surface area contributed by atoms with Gasteiger partial charge in [-0.3, -0.25) is 9.10 Å². The number of hydrogen-bond donors (Lipinski definition) is 0. The van der Waals surface area contributed by atoms with Crippen molar-refractivity contribution in [1.82, 2.24) is 9.88 Å². The average Bonchev–Trinajstić information content (AvgIpc) is 2.54. The number of nitrogens with zero attached hydrogens (tertiary/aromatic N) is 3. The van der Waals surface area contributed by atoms with Crippen LogP contribution in [0.4, 0.5) is 5.69 Å². The van der Waals surface area contributed by atoms with Crippen LogP contribution in [0.1, 0.15) is 26.7 Å². The zero-order valence-corrected chi connectivity index (χ0v) is 15.4. The van der Waals surface area contributed by atoms with Gasteiger partial charge in [0, 0.05) is 45.0 Å². The van der Waals surface area contributed by atoms with Crippen molar-refractivity contribution in [3.63, 3.8) is 0 Å². The molecule has 0 spiro atoms. The number of piperidine rings is 1. The number of carbonyl (C=O) groups excluding carboxylic acids is 1. The monoisotopic (exact) mass is 355 g/mol. The van der Waals surface area contributed by atoms with Gasteiger partial charge in [0.2, 0.25) is 21.8 Å². The lowest BCUT2D eigenvalue weighted by molar-refractivity contribution is -0.136. The molecule has 8 heteroatoms. The number of pyridine rings is 1. The third-order valence-electron chi connectivity index (χ3n) is 4.12. The van der Waals surface area contributed by atoms with Gasteiger partial charge < -0.3 is 9.64 Å². The third-order valence-corrected chi connectivity index (χ3v) is 5.32. The fraction of sp³-hybridized carbons (Fsp3) is 0.625. The van der Waals surface area contributed by atoms with Crippen molar-refractivity contribution in [2.24, 2.45) is 5.92 Å². The predicted molar refractivity (Wildman–Crippen MR) is 92.6 cm³/mol. The Morgan fingerprint density at radius 3 is 2.42 bits per heavy atom. The maximum atomic E-state index is 12.0. The van der Waals surface area contributed by atoms with Crippen LogP contribution in [0.5, 0.6) is 5.88 Å². The van der Waals surface area contributed by atoms with Crippen LogP contribution in [-0.2, 0) is 14.8 Å². The molecule has 2 rings (SSSR count). The first-order chi connectivity index (χ1) is 11.2. The van der Waals surface area contributed by atoms with E-state index in [0.717, 1.165) is 19.1 Å². The van der Waals surface area contributed by atoms with Crippen LogP contribution in [0.25, 0.3) is 0 Å². The predicted octanol–water partition coefficient (Wildman–Crippen LogP) is 1.50. The Kier molecular flexibility index (Phi) is 5.69. The molecule has 1 aromatic heterocycles. The Balaban J connectivity index is 1.90. The molecule has 0 bridgehead atoms. The van der Waals surface area contributed by atoms with Crippen LogP contribution in [0.2, 0.25) is 0 Å². The van der Waals surface area contributed by atoms with E-state index in [1.54, 1.807) is 12.1 Å². The molecule has 134 valence electrons. The van der Waals surface area contributed by atoms with E-state index in [-0.39, 0.29) is 17.9 Å². The number of sulfonamides is 1. The van der Waals surface area contributed by atoms with Crippen LogP contribution in [0, 0.1) is 5.92 Å². The molecular formula is C16H25N3O4S. The summed E-state index contributed by atoms with van der Waals surface area (Å²) in [5.74, 6) is 0.664. The maximum absolute atomic E-state index is 12.0. The topological polar surface area (TPSA) is 79.8 Å². The first-order valence-electron chi connectivity index (χ1n) is 8.04. The third kappa shape index (κ3) is 4.59. The van der Waals surface area contributed by atoms with E-state index in [9.17, 15) is 13.2 Å². The van der Waals surface area contributed by atoms with Crippen molar-refractivity contribution in [2.75, 3.05) is 30.7 Å². The maximum Gasteiger partial charge on any atom is 0.232 e. The Morgan fingerprint density at radius 1 is 1.33 bits per heavy atom. The SMILES string of the molecule is CC(C)C(=O)N1CCC(Oc2ccc(N(C)S(C)(=O)=O)cn2)CC1. The highest BCUT2D eigenvalue weighted by Gasteiger charge is 2.25. The van der Waals surface area contributed by atoms with Crippen molar-refractivity contribution in [3.05, 3.63) is 18.3 Å². The normalized spacial score (nSPS) is 16.3. The highest BCUT2D eigenvalue weighted by molar-refractivity contribution is 7.92. The lowest BCUT2D eigenvalue weighted by atomic mass is 10.1. The number of likely N-dealkylation sites (tertiary alicyclic amines) is 1. The largest absolute Gasteiger partial charge is 0.474 e. The van der Waals surface area contributed by atoms with Crippen LogP contribution in [0.15, 0.2) is 18.3 Å². The van der Waals surface area contributed by atoms with E-state index >= 15 is 0 Å². The second-order valence-electron chi connectivity index (χ2n) is 6.38. The lowest BCUT2D eigenvalue weighted by Crippen LogP contribution is -2.43. The smallest absolute Gasteiger partial charge is 0.232 e. The van der Waals surface area contributed by atoms with Gasteiger partial charge in [0.1, 0.15) is 6.10 Å². The van der Waals surface area contributed by atoms with E-state index in [2.05, 4.69) is 4.98 Å². The summed E-state index contributed by atoms with van der Waals surface area (Å²) in [5, 5.41) is 0. The van der Waals surface area contributed by atoms with Crippen molar-refractivity contribution in [3.8, 4) is 5.88 Å². The fourth-order valence-electron chi connectivity index (χ4n) is 2.55. The number of carbonyl (C=O) groups is 1. The minimum absolute atomic E-state index is 0.0171. The summed E-state index contributed by atoms with van der Waals surface area (Å²) in [6, 6.07) is 3.34. The van der Waals surface area contributed by atoms with E-state index in [1.165, 1.54) is 17.5 Å². The zero-order chi connectivity index (χ0) is 17.9. The standard InChI is InChI=1S/C16H25N3O4S/c1-12(2)16(20)19-9-7-14(8-10-19)23-15-6-5-13(11-17-15)18(3)24(4,21)22/h5-6,11-12,14H,7-10H2,1-4H3. The number of amides is 1. The summed E-state index contributed by atoms with van der Waals surface area (Å²) in [5.41, 5.74) is 0.488. The molecule has 0 radical (unpaired) electrons. The van der Waals surface area contributed by atoms with Gasteiger partial charge >= 0.3 is 0 Å². The van der Waals surface area contributed by atoms with Crippen LogP contribution in [0.3, 0.4) is 0 Å². The van der Waals surface area contributed by atoms with Gasteiger partial charge in [0.05, 0.1) is 18.1 Å². The van der Waals surface area contributed by atoms with Crippen molar-refractivity contribution in [2.45, 2.75) is 32.8 Å². The molecule has 1 saturated heterocycles. The van der Waals surface area contributed by atoms with Gasteiger partial charge in [0.25, 0.3) is 0 Å². The summed E-state index contributed by atoms with van der Waals surface area (Å²) in [6.07, 6.45) is 4.18. The van der Waals surface area contributed by atoms with Crippen molar-refractivity contribution >= 4 is 21.6 Å². The number of aromatic nitrogens is 1. The zero-order valence-electron chi connectivity index (χ0n) is 14.6. The molecule has 0 unspecified atom stereocenters. The number of anilines is 1. The molecule has 0 saturated carbocycles. The first kappa shape index (κ1) is 18.5. The second kappa shape index (κ2) is 7.38. The van der Waals surface area contributed by atoms with Crippen LogP contribution in [-0.4, -0.2) is 56.7 Å². The van der Waals surface area contributed by atoms with Crippen LogP contribution >= 0.6 is 0 Å². The molecule has 1 fully saturated rings. The summed E-state index contributed by atoms with van der Waals surface area (Å²) in [7, 11) is -1.82. The summed E-state index contributed by atoms with van der Waals surface area (Å²) in [6.45, 7) is 5.20. The Bertz CT molecular complexity index is 665. The average molecular weight is 355 g/mol. The lowest BCUT2D eigenvalue weighted by Gasteiger charge is -2.33. The first-order valence-corrected chi connectivity index (χ1v) is 9.88.